The first kappa shape index (κ1) is 21.3. The number of rotatable bonds is 8. The van der Waals surface area contributed by atoms with Gasteiger partial charge in [-0.1, -0.05) is 17.7 Å². The zero-order chi connectivity index (χ0) is 21.3. The minimum Gasteiger partial charge on any atom is -0.490 e. The molecule has 0 atom stereocenters. The number of carbonyl (C=O) groups excluding carboxylic acids is 1. The Hall–Kier alpha value is -3.45. The van der Waals surface area contributed by atoms with Gasteiger partial charge in [0.1, 0.15) is 12.4 Å². The van der Waals surface area contributed by atoms with Crippen LogP contribution in [0.25, 0.3) is 0 Å². The summed E-state index contributed by atoms with van der Waals surface area (Å²) in [6.07, 6.45) is 4.54. The average Bonchev–Trinajstić information content (AvgIpc) is 2.75. The van der Waals surface area contributed by atoms with Crippen LogP contribution in [-0.4, -0.2) is 23.7 Å². The number of carbonyl (C=O) groups is 1. The van der Waals surface area contributed by atoms with Gasteiger partial charge in [-0.15, -0.1) is 0 Å². The first-order valence-electron chi connectivity index (χ1n) is 9.14. The van der Waals surface area contributed by atoms with Crippen LogP contribution in [0.3, 0.4) is 0 Å². The molecule has 0 radical (unpaired) electrons. The number of nitrogens with zero attached hydrogens (tertiary/aromatic N) is 2. The summed E-state index contributed by atoms with van der Waals surface area (Å²) in [5, 5.41) is 4.25. The number of hydrogen-bond acceptors (Lipinski definition) is 5. The number of hydrogen-bond donors (Lipinski definition) is 1. The molecule has 0 spiro atoms. The van der Waals surface area contributed by atoms with Crippen LogP contribution in [0.4, 0.5) is 4.39 Å². The Labute approximate surface area is 178 Å². The Morgan fingerprint density at radius 2 is 1.97 bits per heavy atom. The minimum absolute atomic E-state index is 0.0407. The van der Waals surface area contributed by atoms with Crippen molar-refractivity contribution in [1.29, 1.82) is 0 Å². The second kappa shape index (κ2) is 10.4. The van der Waals surface area contributed by atoms with Crippen LogP contribution in [0, 0.1) is 5.82 Å². The van der Waals surface area contributed by atoms with E-state index in [2.05, 4.69) is 15.5 Å². The summed E-state index contributed by atoms with van der Waals surface area (Å²) in [4.78, 5) is 15.9. The quantitative estimate of drug-likeness (QED) is 0.420. The number of halogens is 2. The van der Waals surface area contributed by atoms with Crippen molar-refractivity contribution in [2.75, 3.05) is 6.61 Å². The molecule has 1 amide bonds. The van der Waals surface area contributed by atoms with Gasteiger partial charge < -0.3 is 9.47 Å². The summed E-state index contributed by atoms with van der Waals surface area (Å²) in [5.41, 5.74) is 3.85. The second-order valence-corrected chi connectivity index (χ2v) is 6.47. The van der Waals surface area contributed by atoms with Crippen molar-refractivity contribution in [2.24, 2.45) is 5.10 Å². The topological polar surface area (TPSA) is 72.8 Å². The van der Waals surface area contributed by atoms with Crippen molar-refractivity contribution in [3.63, 3.8) is 0 Å². The number of benzene rings is 2. The van der Waals surface area contributed by atoms with E-state index in [0.29, 0.717) is 34.3 Å². The standard InChI is InChI=1S/C22H19ClFN3O3/c1-2-29-21-12-15(13-26-27-22(28)16-8-10-25-11-9-16)6-7-20(21)30-14-17-18(23)4-3-5-19(17)24/h3-13H,2,14H2,1H3,(H,27,28)/b26-13+. The highest BCUT2D eigenvalue weighted by Gasteiger charge is 2.11. The molecule has 30 heavy (non-hydrogen) atoms. The van der Waals surface area contributed by atoms with E-state index < -0.39 is 5.82 Å². The molecule has 1 N–H and O–H groups in total. The van der Waals surface area contributed by atoms with E-state index in [1.807, 2.05) is 6.92 Å². The largest absolute Gasteiger partial charge is 0.490 e. The molecule has 1 heterocycles. The number of ether oxygens (including phenoxy) is 2. The van der Waals surface area contributed by atoms with Gasteiger partial charge in [0.25, 0.3) is 5.91 Å². The number of amides is 1. The van der Waals surface area contributed by atoms with Crippen molar-refractivity contribution in [3.8, 4) is 11.5 Å². The molecule has 8 heteroatoms. The SMILES string of the molecule is CCOc1cc(/C=N/NC(=O)c2ccncc2)ccc1OCc1c(F)cccc1Cl. The molecule has 154 valence electrons. The lowest BCUT2D eigenvalue weighted by atomic mass is 10.2. The summed E-state index contributed by atoms with van der Waals surface area (Å²) in [5.74, 6) is 0.123. The van der Waals surface area contributed by atoms with Crippen LogP contribution in [0.2, 0.25) is 5.02 Å². The van der Waals surface area contributed by atoms with Crippen molar-refractivity contribution in [2.45, 2.75) is 13.5 Å². The zero-order valence-electron chi connectivity index (χ0n) is 16.1. The predicted molar refractivity (Wildman–Crippen MR) is 113 cm³/mol. The van der Waals surface area contributed by atoms with Gasteiger partial charge in [0.05, 0.1) is 17.8 Å². The molecule has 0 saturated heterocycles. The van der Waals surface area contributed by atoms with Crippen LogP contribution in [-0.2, 0) is 6.61 Å². The van der Waals surface area contributed by atoms with E-state index in [0.717, 1.165) is 0 Å². The van der Waals surface area contributed by atoms with Gasteiger partial charge in [-0.05, 0) is 55.0 Å². The molecule has 0 fully saturated rings. The molecule has 0 aliphatic carbocycles. The second-order valence-electron chi connectivity index (χ2n) is 6.06. The van der Waals surface area contributed by atoms with Crippen molar-refractivity contribution >= 4 is 23.7 Å². The molecule has 0 aliphatic rings. The van der Waals surface area contributed by atoms with Crippen LogP contribution >= 0.6 is 11.6 Å². The number of pyridine rings is 1. The Kier molecular flexibility index (Phi) is 7.34. The molecule has 6 nitrogen and oxygen atoms in total. The van der Waals surface area contributed by atoms with E-state index in [1.54, 1.807) is 36.4 Å². The first-order chi connectivity index (χ1) is 14.6. The molecule has 2 aromatic carbocycles. The zero-order valence-corrected chi connectivity index (χ0v) is 16.9. The lowest BCUT2D eigenvalue weighted by Gasteiger charge is -2.13. The fourth-order valence-corrected chi connectivity index (χ4v) is 2.76. The average molecular weight is 428 g/mol. The van der Waals surface area contributed by atoms with Crippen molar-refractivity contribution in [1.82, 2.24) is 10.4 Å². The van der Waals surface area contributed by atoms with Crippen LogP contribution < -0.4 is 14.9 Å². The van der Waals surface area contributed by atoms with Gasteiger partial charge in [-0.2, -0.15) is 5.10 Å². The predicted octanol–water partition coefficient (Wildman–Crippen LogP) is 4.62. The molecule has 1 aromatic heterocycles. The molecular weight excluding hydrogens is 409 g/mol. The van der Waals surface area contributed by atoms with E-state index in [4.69, 9.17) is 21.1 Å². The fraction of sp³-hybridized carbons (Fsp3) is 0.136. The third kappa shape index (κ3) is 5.55. The van der Waals surface area contributed by atoms with Gasteiger partial charge in [0, 0.05) is 23.5 Å². The van der Waals surface area contributed by atoms with E-state index >= 15 is 0 Å². The Morgan fingerprint density at radius 3 is 2.70 bits per heavy atom. The molecular formula is C22H19ClFN3O3. The van der Waals surface area contributed by atoms with Gasteiger partial charge >= 0.3 is 0 Å². The highest BCUT2D eigenvalue weighted by atomic mass is 35.5. The molecule has 3 rings (SSSR count). The molecule has 0 unspecified atom stereocenters. The van der Waals surface area contributed by atoms with Gasteiger partial charge in [-0.3, -0.25) is 9.78 Å². The minimum atomic E-state index is -0.436. The molecule has 0 bridgehead atoms. The monoisotopic (exact) mass is 427 g/mol. The maximum Gasteiger partial charge on any atom is 0.271 e. The number of hydrazone groups is 1. The Bertz CT molecular complexity index is 1020. The lowest BCUT2D eigenvalue weighted by molar-refractivity contribution is 0.0955. The smallest absolute Gasteiger partial charge is 0.271 e. The molecule has 0 saturated carbocycles. The summed E-state index contributed by atoms with van der Waals surface area (Å²) in [7, 11) is 0. The normalized spacial score (nSPS) is 10.8. The first-order valence-corrected chi connectivity index (χ1v) is 9.52. The molecule has 0 aliphatic heterocycles. The highest BCUT2D eigenvalue weighted by Crippen LogP contribution is 2.30. The third-order valence-corrected chi connectivity index (χ3v) is 4.38. The van der Waals surface area contributed by atoms with Gasteiger partial charge in [0.2, 0.25) is 0 Å². The summed E-state index contributed by atoms with van der Waals surface area (Å²) in [6, 6.07) is 12.8. The van der Waals surface area contributed by atoms with Gasteiger partial charge in [0.15, 0.2) is 11.5 Å². The Morgan fingerprint density at radius 1 is 1.17 bits per heavy atom. The summed E-state index contributed by atoms with van der Waals surface area (Å²) < 4.78 is 25.3. The van der Waals surface area contributed by atoms with E-state index in [9.17, 15) is 9.18 Å². The van der Waals surface area contributed by atoms with Crippen LogP contribution in [0.5, 0.6) is 11.5 Å². The van der Waals surface area contributed by atoms with E-state index in [-0.39, 0.29) is 18.1 Å². The van der Waals surface area contributed by atoms with Gasteiger partial charge in [-0.25, -0.2) is 9.82 Å². The maximum absolute atomic E-state index is 13.9. The lowest BCUT2D eigenvalue weighted by Crippen LogP contribution is -2.17. The summed E-state index contributed by atoms with van der Waals surface area (Å²) >= 11 is 6.04. The van der Waals surface area contributed by atoms with E-state index in [1.165, 1.54) is 30.7 Å². The fourth-order valence-electron chi connectivity index (χ4n) is 2.55. The number of nitrogens with one attached hydrogen (secondary N) is 1. The highest BCUT2D eigenvalue weighted by molar-refractivity contribution is 6.31. The van der Waals surface area contributed by atoms with Crippen molar-refractivity contribution < 1.29 is 18.7 Å². The van der Waals surface area contributed by atoms with Crippen molar-refractivity contribution in [3.05, 3.63) is 88.5 Å². The Balaban J connectivity index is 1.69. The summed E-state index contributed by atoms with van der Waals surface area (Å²) in [6.45, 7) is 2.21. The maximum atomic E-state index is 13.9. The van der Waals surface area contributed by atoms with Crippen LogP contribution in [0.1, 0.15) is 28.4 Å². The molecule has 3 aromatic rings. The number of aromatic nitrogens is 1. The van der Waals surface area contributed by atoms with Crippen LogP contribution in [0.15, 0.2) is 66.0 Å². The third-order valence-electron chi connectivity index (χ3n) is 4.02.